The first kappa shape index (κ1) is 8.74. The summed E-state index contributed by atoms with van der Waals surface area (Å²) in [5.74, 6) is 0.465. The van der Waals surface area contributed by atoms with Gasteiger partial charge in [0.25, 0.3) is 6.43 Å². The van der Waals surface area contributed by atoms with Crippen molar-refractivity contribution >= 4 is 0 Å². The average Bonchev–Trinajstić information content (AvgIpc) is 2.71. The molecule has 2 heterocycles. The highest BCUT2D eigenvalue weighted by molar-refractivity contribution is 5.24. The van der Waals surface area contributed by atoms with Gasteiger partial charge in [0.05, 0.1) is 0 Å². The fourth-order valence-corrected chi connectivity index (χ4v) is 0.989. The summed E-state index contributed by atoms with van der Waals surface area (Å²) in [6, 6.07) is 2.78. The summed E-state index contributed by atoms with van der Waals surface area (Å²) in [5.41, 5.74) is -0.103. The zero-order valence-electron chi connectivity index (χ0n) is 7.01. The summed E-state index contributed by atoms with van der Waals surface area (Å²) in [4.78, 5) is 7.54. The van der Waals surface area contributed by atoms with Gasteiger partial charge in [0.1, 0.15) is 12.7 Å². The summed E-state index contributed by atoms with van der Waals surface area (Å²) in [7, 11) is 0. The summed E-state index contributed by atoms with van der Waals surface area (Å²) < 4.78 is 25.7. The van der Waals surface area contributed by atoms with Gasteiger partial charge in [-0.3, -0.25) is 0 Å². The number of rotatable bonds is 2. The third-order valence-corrected chi connectivity index (χ3v) is 1.68. The highest BCUT2D eigenvalue weighted by Gasteiger charge is 2.07. The molecule has 0 aliphatic heterocycles. The van der Waals surface area contributed by atoms with Gasteiger partial charge in [-0.1, -0.05) is 0 Å². The average molecular weight is 196 g/mol. The lowest BCUT2D eigenvalue weighted by molar-refractivity contribution is 0.151. The molecule has 0 atom stereocenters. The molecule has 0 N–H and O–H groups in total. The maximum Gasteiger partial charge on any atom is 0.265 e. The van der Waals surface area contributed by atoms with Gasteiger partial charge in [-0.15, -0.1) is 0 Å². The quantitative estimate of drug-likeness (QED) is 0.732. The number of pyridine rings is 1. The lowest BCUT2D eigenvalue weighted by atomic mass is 10.3. The predicted octanol–water partition coefficient (Wildman–Crippen LogP) is 1.60. The molecule has 72 valence electrons. The molecule has 0 aliphatic carbocycles. The summed E-state index contributed by atoms with van der Waals surface area (Å²) in [5, 5.41) is 3.82. The molecule has 4 nitrogen and oxygen atoms in total. The van der Waals surface area contributed by atoms with Gasteiger partial charge in [0.2, 0.25) is 0 Å². The Morgan fingerprint density at radius 3 is 2.64 bits per heavy atom. The molecule has 0 aliphatic rings. The maximum absolute atomic E-state index is 12.2. The van der Waals surface area contributed by atoms with Gasteiger partial charge >= 0.3 is 0 Å². The molecular formula is C8H6F2N4. The predicted molar refractivity (Wildman–Crippen MR) is 44.1 cm³/mol. The van der Waals surface area contributed by atoms with E-state index in [0.29, 0.717) is 5.82 Å². The van der Waals surface area contributed by atoms with Crippen LogP contribution >= 0.6 is 0 Å². The van der Waals surface area contributed by atoms with E-state index in [4.69, 9.17) is 0 Å². The molecule has 0 unspecified atom stereocenters. The van der Waals surface area contributed by atoms with E-state index in [2.05, 4.69) is 15.1 Å². The molecule has 0 fully saturated rings. The van der Waals surface area contributed by atoms with Crippen LogP contribution in [0, 0.1) is 0 Å². The van der Waals surface area contributed by atoms with Gasteiger partial charge in [0.15, 0.2) is 5.82 Å². The molecule has 0 aromatic carbocycles. The third kappa shape index (κ3) is 1.59. The van der Waals surface area contributed by atoms with Crippen LogP contribution in [0.1, 0.15) is 12.0 Å². The van der Waals surface area contributed by atoms with E-state index in [1.165, 1.54) is 29.5 Å². The molecule has 0 bridgehead atoms. The van der Waals surface area contributed by atoms with Crippen molar-refractivity contribution in [2.24, 2.45) is 0 Å². The van der Waals surface area contributed by atoms with Crippen LogP contribution in [0.5, 0.6) is 0 Å². The minimum absolute atomic E-state index is 0.103. The zero-order chi connectivity index (χ0) is 9.97. The molecule has 0 radical (unpaired) electrons. The van der Waals surface area contributed by atoms with E-state index < -0.39 is 6.43 Å². The second kappa shape index (κ2) is 3.49. The van der Waals surface area contributed by atoms with Crippen LogP contribution in [0.2, 0.25) is 0 Å². The SMILES string of the molecule is FC(F)c1ccc(-n2cncn2)nc1. The fourth-order valence-electron chi connectivity index (χ4n) is 0.989. The van der Waals surface area contributed by atoms with Crippen molar-refractivity contribution in [3.8, 4) is 5.82 Å². The Labute approximate surface area is 78.2 Å². The largest absolute Gasteiger partial charge is 0.265 e. The van der Waals surface area contributed by atoms with Gasteiger partial charge in [-0.05, 0) is 12.1 Å². The van der Waals surface area contributed by atoms with Crippen LogP contribution in [-0.4, -0.2) is 19.7 Å². The zero-order valence-corrected chi connectivity index (χ0v) is 7.01. The van der Waals surface area contributed by atoms with Crippen LogP contribution in [0.15, 0.2) is 31.0 Å². The number of hydrogen-bond donors (Lipinski definition) is 0. The van der Waals surface area contributed by atoms with Gasteiger partial charge in [0, 0.05) is 11.8 Å². The van der Waals surface area contributed by atoms with Gasteiger partial charge in [-0.2, -0.15) is 5.10 Å². The van der Waals surface area contributed by atoms with Crippen molar-refractivity contribution in [3.05, 3.63) is 36.5 Å². The number of hydrogen-bond acceptors (Lipinski definition) is 3. The second-order valence-electron chi connectivity index (χ2n) is 2.59. The topological polar surface area (TPSA) is 43.6 Å². The Balaban J connectivity index is 2.31. The van der Waals surface area contributed by atoms with Crippen LogP contribution in [0.25, 0.3) is 5.82 Å². The highest BCUT2D eigenvalue weighted by atomic mass is 19.3. The minimum atomic E-state index is -2.49. The van der Waals surface area contributed by atoms with E-state index in [1.807, 2.05) is 0 Å². The fraction of sp³-hybridized carbons (Fsp3) is 0.125. The Kier molecular flexibility index (Phi) is 2.18. The molecule has 6 heteroatoms. The third-order valence-electron chi connectivity index (χ3n) is 1.68. The Morgan fingerprint density at radius 1 is 1.29 bits per heavy atom. The van der Waals surface area contributed by atoms with E-state index in [9.17, 15) is 8.78 Å². The summed E-state index contributed by atoms with van der Waals surface area (Å²) in [6.45, 7) is 0. The molecular weight excluding hydrogens is 190 g/mol. The molecule has 2 aromatic heterocycles. The standard InChI is InChI=1S/C8H6F2N4/c9-8(10)6-1-2-7(12-3-6)14-5-11-4-13-14/h1-5,8H. The molecule has 2 aromatic rings. The van der Waals surface area contributed by atoms with Crippen LogP contribution in [0.3, 0.4) is 0 Å². The number of aromatic nitrogens is 4. The van der Waals surface area contributed by atoms with Crippen molar-refractivity contribution in [3.63, 3.8) is 0 Å². The number of halogens is 2. The lowest BCUT2D eigenvalue weighted by Gasteiger charge is -2.01. The first-order chi connectivity index (χ1) is 6.77. The van der Waals surface area contributed by atoms with E-state index in [-0.39, 0.29) is 5.56 Å². The van der Waals surface area contributed by atoms with Crippen molar-refractivity contribution < 1.29 is 8.78 Å². The second-order valence-corrected chi connectivity index (χ2v) is 2.59. The summed E-state index contributed by atoms with van der Waals surface area (Å²) >= 11 is 0. The highest BCUT2D eigenvalue weighted by Crippen LogP contribution is 2.17. The van der Waals surface area contributed by atoms with Gasteiger partial charge < -0.3 is 0 Å². The monoisotopic (exact) mass is 196 g/mol. The normalized spacial score (nSPS) is 10.8. The Bertz CT molecular complexity index is 396. The molecule has 0 saturated carbocycles. The first-order valence-corrected chi connectivity index (χ1v) is 3.86. The minimum Gasteiger partial charge on any atom is -0.237 e. The van der Waals surface area contributed by atoms with Crippen LogP contribution in [-0.2, 0) is 0 Å². The molecule has 14 heavy (non-hydrogen) atoms. The summed E-state index contributed by atoms with van der Waals surface area (Å²) in [6.07, 6.45) is 1.43. The van der Waals surface area contributed by atoms with Crippen molar-refractivity contribution in [2.45, 2.75) is 6.43 Å². The Hall–Kier alpha value is -1.85. The van der Waals surface area contributed by atoms with Crippen LogP contribution in [0.4, 0.5) is 8.78 Å². The molecule has 2 rings (SSSR count). The van der Waals surface area contributed by atoms with E-state index in [0.717, 1.165) is 6.20 Å². The lowest BCUT2D eigenvalue weighted by Crippen LogP contribution is -1.98. The number of nitrogens with zero attached hydrogens (tertiary/aromatic N) is 4. The Morgan fingerprint density at radius 2 is 2.14 bits per heavy atom. The molecule has 0 amide bonds. The van der Waals surface area contributed by atoms with Gasteiger partial charge in [-0.25, -0.2) is 23.4 Å². The molecule has 0 spiro atoms. The van der Waals surface area contributed by atoms with Crippen molar-refractivity contribution in [1.29, 1.82) is 0 Å². The number of alkyl halides is 2. The van der Waals surface area contributed by atoms with Crippen molar-refractivity contribution in [2.75, 3.05) is 0 Å². The van der Waals surface area contributed by atoms with Crippen LogP contribution < -0.4 is 0 Å². The van der Waals surface area contributed by atoms with Crippen molar-refractivity contribution in [1.82, 2.24) is 19.7 Å². The molecule has 0 saturated heterocycles. The maximum atomic E-state index is 12.2. The van der Waals surface area contributed by atoms with E-state index >= 15 is 0 Å². The van der Waals surface area contributed by atoms with E-state index in [1.54, 1.807) is 0 Å². The first-order valence-electron chi connectivity index (χ1n) is 3.86. The smallest absolute Gasteiger partial charge is 0.237 e.